The second-order valence-electron chi connectivity index (χ2n) is 12.4. The molecule has 0 radical (unpaired) electrons. The first-order valence-electron chi connectivity index (χ1n) is 15.2. The molecule has 4 unspecified atom stereocenters. The lowest BCUT2D eigenvalue weighted by atomic mass is 9.68. The van der Waals surface area contributed by atoms with E-state index in [2.05, 4.69) is 41.5 Å². The molecule has 0 spiro atoms. The minimum atomic E-state index is -1.17. The molecule has 1 aliphatic rings. The number of ether oxygens (including phenoxy) is 3. The van der Waals surface area contributed by atoms with Crippen LogP contribution in [0.3, 0.4) is 0 Å². The van der Waals surface area contributed by atoms with Gasteiger partial charge in [-0.1, -0.05) is 60.8 Å². The van der Waals surface area contributed by atoms with Gasteiger partial charge in [0.15, 0.2) is 0 Å². The molecule has 0 aliphatic heterocycles. The van der Waals surface area contributed by atoms with Crippen molar-refractivity contribution in [1.82, 2.24) is 0 Å². The van der Waals surface area contributed by atoms with E-state index in [4.69, 9.17) is 14.2 Å². The van der Waals surface area contributed by atoms with Crippen molar-refractivity contribution in [3.63, 3.8) is 0 Å². The molecule has 0 heterocycles. The quantitative estimate of drug-likeness (QED) is 0.110. The highest BCUT2D eigenvalue weighted by atomic mass is 16.5. The third-order valence-corrected chi connectivity index (χ3v) is 7.47. The molecule has 0 aromatic rings. The molecule has 4 atom stereocenters. The number of unbranched alkanes of at least 4 members (excludes halogenated alkanes) is 3. The van der Waals surface area contributed by atoms with Gasteiger partial charge >= 0.3 is 23.9 Å². The number of hydrogen-bond donors (Lipinski definition) is 1. The average Bonchev–Trinajstić information content (AvgIpc) is 2.86. The zero-order valence-electron chi connectivity index (χ0n) is 25.2. The molecule has 1 fully saturated rings. The monoisotopic (exact) mass is 554 g/mol. The molecule has 0 aromatic heterocycles. The van der Waals surface area contributed by atoms with Crippen molar-refractivity contribution in [3.8, 4) is 0 Å². The Morgan fingerprint density at radius 3 is 1.10 bits per heavy atom. The highest BCUT2D eigenvalue weighted by Gasteiger charge is 2.50. The molecule has 0 amide bonds. The predicted octanol–water partition coefficient (Wildman–Crippen LogP) is 6.44. The van der Waals surface area contributed by atoms with Crippen molar-refractivity contribution >= 4 is 23.9 Å². The molecular formula is C31H54O8. The predicted molar refractivity (Wildman–Crippen MR) is 150 cm³/mol. The van der Waals surface area contributed by atoms with Gasteiger partial charge in [0, 0.05) is 0 Å². The molecule has 1 N–H and O–H groups in total. The lowest BCUT2D eigenvalue weighted by Gasteiger charge is -2.36. The van der Waals surface area contributed by atoms with Gasteiger partial charge < -0.3 is 19.3 Å². The number of aliphatic carboxylic acids is 1. The summed E-state index contributed by atoms with van der Waals surface area (Å²) in [5.74, 6) is -5.32. The van der Waals surface area contributed by atoms with Gasteiger partial charge in [0.05, 0.1) is 43.5 Å². The SMILES string of the molecule is CC(C)CCCCOC(=O)C1CC(C(=O)OCCCCC(C)C)C(C(=O)OCCCCC(C)C)CC1C(=O)O. The molecule has 8 heteroatoms. The van der Waals surface area contributed by atoms with Crippen LogP contribution in [0.1, 0.15) is 112 Å². The number of esters is 3. The Morgan fingerprint density at radius 2 is 0.821 bits per heavy atom. The minimum absolute atomic E-state index is 0.0975. The van der Waals surface area contributed by atoms with Gasteiger partial charge in [0.25, 0.3) is 0 Å². The second-order valence-corrected chi connectivity index (χ2v) is 12.4. The van der Waals surface area contributed by atoms with Crippen LogP contribution in [-0.2, 0) is 33.4 Å². The number of carboxylic acid groups (broad SMARTS) is 1. The van der Waals surface area contributed by atoms with Crippen LogP contribution in [0.5, 0.6) is 0 Å². The summed E-state index contributed by atoms with van der Waals surface area (Å²) in [5.41, 5.74) is 0. The van der Waals surface area contributed by atoms with E-state index < -0.39 is 47.5 Å². The number of carbonyl (C=O) groups excluding carboxylic acids is 3. The van der Waals surface area contributed by atoms with Crippen molar-refractivity contribution in [2.24, 2.45) is 41.4 Å². The van der Waals surface area contributed by atoms with Crippen LogP contribution >= 0.6 is 0 Å². The van der Waals surface area contributed by atoms with Crippen molar-refractivity contribution in [3.05, 3.63) is 0 Å². The normalized spacial score (nSPS) is 21.3. The van der Waals surface area contributed by atoms with Gasteiger partial charge in [-0.15, -0.1) is 0 Å². The maximum Gasteiger partial charge on any atom is 0.309 e. The number of carbonyl (C=O) groups is 4. The van der Waals surface area contributed by atoms with E-state index in [1.165, 1.54) is 0 Å². The van der Waals surface area contributed by atoms with Gasteiger partial charge in [-0.2, -0.15) is 0 Å². The summed E-state index contributed by atoms with van der Waals surface area (Å²) in [6.07, 6.45) is 7.68. The largest absolute Gasteiger partial charge is 0.481 e. The topological polar surface area (TPSA) is 116 Å². The number of rotatable bonds is 19. The zero-order valence-corrected chi connectivity index (χ0v) is 25.2. The lowest BCUT2D eigenvalue weighted by molar-refractivity contribution is -0.174. The molecule has 1 rings (SSSR count). The van der Waals surface area contributed by atoms with E-state index >= 15 is 0 Å². The van der Waals surface area contributed by atoms with Gasteiger partial charge in [-0.3, -0.25) is 19.2 Å². The first-order valence-corrected chi connectivity index (χ1v) is 15.2. The number of carboxylic acids is 1. The summed E-state index contributed by atoms with van der Waals surface area (Å²) in [5, 5.41) is 9.92. The van der Waals surface area contributed by atoms with Gasteiger partial charge in [-0.05, 0) is 69.1 Å². The number of hydrogen-bond acceptors (Lipinski definition) is 7. The van der Waals surface area contributed by atoms with Crippen LogP contribution in [0, 0.1) is 41.4 Å². The maximum absolute atomic E-state index is 13.1. The summed E-state index contributed by atoms with van der Waals surface area (Å²) >= 11 is 0. The van der Waals surface area contributed by atoms with Crippen molar-refractivity contribution < 1.29 is 38.5 Å². The molecule has 226 valence electrons. The molecule has 0 aromatic carbocycles. The fourth-order valence-corrected chi connectivity index (χ4v) is 5.06. The third-order valence-electron chi connectivity index (χ3n) is 7.47. The summed E-state index contributed by atoms with van der Waals surface area (Å²) in [7, 11) is 0. The van der Waals surface area contributed by atoms with Crippen molar-refractivity contribution in [2.45, 2.75) is 112 Å². The minimum Gasteiger partial charge on any atom is -0.481 e. The molecule has 1 aliphatic carbocycles. The van der Waals surface area contributed by atoms with Crippen LogP contribution in [0.25, 0.3) is 0 Å². The Kier molecular flexibility index (Phi) is 17.0. The van der Waals surface area contributed by atoms with Crippen molar-refractivity contribution in [2.75, 3.05) is 19.8 Å². The third kappa shape index (κ3) is 14.2. The van der Waals surface area contributed by atoms with Gasteiger partial charge in [0.1, 0.15) is 0 Å². The van der Waals surface area contributed by atoms with E-state index in [0.29, 0.717) is 37.0 Å². The second kappa shape index (κ2) is 19.0. The summed E-state index contributed by atoms with van der Waals surface area (Å²) < 4.78 is 16.5. The van der Waals surface area contributed by atoms with Crippen LogP contribution in [0.4, 0.5) is 0 Å². The zero-order chi connectivity index (χ0) is 29.4. The van der Waals surface area contributed by atoms with E-state index in [0.717, 1.165) is 38.5 Å². The van der Waals surface area contributed by atoms with Crippen LogP contribution in [-0.4, -0.2) is 48.8 Å². The fourth-order valence-electron chi connectivity index (χ4n) is 5.06. The van der Waals surface area contributed by atoms with Crippen LogP contribution in [0.15, 0.2) is 0 Å². The molecule has 1 saturated carbocycles. The highest BCUT2D eigenvalue weighted by molar-refractivity contribution is 5.87. The van der Waals surface area contributed by atoms with E-state index in [1.807, 2.05) is 0 Å². The molecule has 0 saturated heterocycles. The van der Waals surface area contributed by atoms with Crippen molar-refractivity contribution in [1.29, 1.82) is 0 Å². The smallest absolute Gasteiger partial charge is 0.309 e. The van der Waals surface area contributed by atoms with E-state index in [1.54, 1.807) is 0 Å². The Balaban J connectivity index is 2.90. The lowest BCUT2D eigenvalue weighted by Crippen LogP contribution is -2.46. The Labute approximate surface area is 235 Å². The average molecular weight is 555 g/mol. The van der Waals surface area contributed by atoms with E-state index in [-0.39, 0.29) is 32.7 Å². The first kappa shape index (κ1) is 34.9. The van der Waals surface area contributed by atoms with Gasteiger partial charge in [0.2, 0.25) is 0 Å². The Bertz CT molecular complexity index is 745. The summed E-state index contributed by atoms with van der Waals surface area (Å²) in [6.45, 7) is 13.4. The highest BCUT2D eigenvalue weighted by Crippen LogP contribution is 2.40. The van der Waals surface area contributed by atoms with Crippen LogP contribution < -0.4 is 0 Å². The Morgan fingerprint density at radius 1 is 0.538 bits per heavy atom. The summed E-state index contributed by atoms with van der Waals surface area (Å²) in [6, 6.07) is 0. The molecular weight excluding hydrogens is 500 g/mol. The standard InChI is InChI=1S/C31H54O8/c1-21(2)13-7-10-16-37-29(34)25-20-27(31(36)39-18-12-9-15-23(5)6)26(19-24(25)28(32)33)30(35)38-17-11-8-14-22(3)4/h21-27H,7-20H2,1-6H3,(H,32,33). The maximum atomic E-state index is 13.1. The molecule has 39 heavy (non-hydrogen) atoms. The first-order chi connectivity index (χ1) is 18.4. The molecule has 0 bridgehead atoms. The molecule has 8 nitrogen and oxygen atoms in total. The fraction of sp³-hybridized carbons (Fsp3) is 0.871. The van der Waals surface area contributed by atoms with Crippen LogP contribution in [0.2, 0.25) is 0 Å². The summed E-state index contributed by atoms with van der Waals surface area (Å²) in [4.78, 5) is 51.3. The Hall–Kier alpha value is -2.12. The van der Waals surface area contributed by atoms with E-state index in [9.17, 15) is 24.3 Å². The van der Waals surface area contributed by atoms with Gasteiger partial charge in [-0.25, -0.2) is 0 Å².